The van der Waals surface area contributed by atoms with Gasteiger partial charge in [-0.25, -0.2) is 4.79 Å². The lowest BCUT2D eigenvalue weighted by molar-refractivity contribution is 0.0697. The van der Waals surface area contributed by atoms with Crippen molar-refractivity contribution in [2.45, 2.75) is 19.4 Å². The van der Waals surface area contributed by atoms with Gasteiger partial charge in [0.15, 0.2) is 0 Å². The lowest BCUT2D eigenvalue weighted by atomic mass is 10.1. The number of unbranched alkanes of at least 4 members (excludes halogenated alkanes) is 1. The molecule has 0 aliphatic carbocycles. The predicted molar refractivity (Wildman–Crippen MR) is 72.7 cm³/mol. The van der Waals surface area contributed by atoms with Crippen molar-refractivity contribution in [1.82, 2.24) is 5.32 Å². The number of thioether (sulfide) groups is 1. The summed E-state index contributed by atoms with van der Waals surface area (Å²) >= 11 is 1.87. The van der Waals surface area contributed by atoms with Crippen molar-refractivity contribution >= 4 is 17.7 Å². The van der Waals surface area contributed by atoms with Gasteiger partial charge in [-0.3, -0.25) is 0 Å². The Hall–Kier alpha value is -1.00. The van der Waals surface area contributed by atoms with Crippen LogP contribution in [0, 0.1) is 0 Å². The molecule has 17 heavy (non-hydrogen) atoms. The average molecular weight is 253 g/mol. The van der Waals surface area contributed by atoms with Crippen LogP contribution >= 0.6 is 11.8 Å². The molecule has 0 heterocycles. The highest BCUT2D eigenvalue weighted by Gasteiger charge is 2.02. The summed E-state index contributed by atoms with van der Waals surface area (Å²) in [4.78, 5) is 10.8. The first-order valence-corrected chi connectivity index (χ1v) is 7.15. The van der Waals surface area contributed by atoms with Crippen LogP contribution in [0.2, 0.25) is 0 Å². The van der Waals surface area contributed by atoms with Gasteiger partial charge in [0.25, 0.3) is 0 Å². The number of hydrogen-bond donors (Lipinski definition) is 2. The van der Waals surface area contributed by atoms with Gasteiger partial charge in [0.2, 0.25) is 0 Å². The van der Waals surface area contributed by atoms with Crippen molar-refractivity contribution in [1.29, 1.82) is 0 Å². The fourth-order valence-corrected chi connectivity index (χ4v) is 2.04. The molecule has 0 bridgehead atoms. The molecule has 0 saturated heterocycles. The normalized spacial score (nSPS) is 10.4. The van der Waals surface area contributed by atoms with Crippen LogP contribution in [-0.4, -0.2) is 29.6 Å². The Morgan fingerprint density at radius 1 is 1.41 bits per heavy atom. The molecule has 0 fully saturated rings. The van der Waals surface area contributed by atoms with E-state index in [4.69, 9.17) is 5.11 Å². The van der Waals surface area contributed by atoms with E-state index in [1.807, 2.05) is 17.8 Å². The molecule has 0 spiro atoms. The predicted octanol–water partition coefficient (Wildman–Crippen LogP) is 2.62. The van der Waals surface area contributed by atoms with Gasteiger partial charge in [0.05, 0.1) is 5.56 Å². The molecule has 0 aliphatic heterocycles. The van der Waals surface area contributed by atoms with Crippen LogP contribution in [0.1, 0.15) is 28.8 Å². The van der Waals surface area contributed by atoms with E-state index >= 15 is 0 Å². The Balaban J connectivity index is 2.27. The molecule has 1 aromatic rings. The smallest absolute Gasteiger partial charge is 0.335 e. The first-order chi connectivity index (χ1) is 8.24. The van der Waals surface area contributed by atoms with Gasteiger partial charge >= 0.3 is 5.97 Å². The van der Waals surface area contributed by atoms with Crippen LogP contribution in [0.15, 0.2) is 24.3 Å². The first-order valence-electron chi connectivity index (χ1n) is 5.76. The van der Waals surface area contributed by atoms with Gasteiger partial charge in [-0.2, -0.15) is 11.8 Å². The molecular formula is C13H19NO2S. The van der Waals surface area contributed by atoms with E-state index in [1.165, 1.54) is 18.6 Å². The fourth-order valence-electron chi connectivity index (χ4n) is 1.54. The summed E-state index contributed by atoms with van der Waals surface area (Å²) in [5.41, 5.74) is 1.38. The SMILES string of the molecule is CSCCCCNCc1cccc(C(=O)O)c1. The van der Waals surface area contributed by atoms with Crippen molar-refractivity contribution in [2.24, 2.45) is 0 Å². The average Bonchev–Trinajstić information content (AvgIpc) is 2.34. The molecule has 1 aromatic carbocycles. The van der Waals surface area contributed by atoms with Crippen LogP contribution < -0.4 is 5.32 Å². The van der Waals surface area contributed by atoms with Crippen molar-refractivity contribution < 1.29 is 9.90 Å². The number of hydrogen-bond acceptors (Lipinski definition) is 3. The van der Waals surface area contributed by atoms with Crippen LogP contribution in [0.3, 0.4) is 0 Å². The van der Waals surface area contributed by atoms with Gasteiger partial charge in [0, 0.05) is 6.54 Å². The minimum absolute atomic E-state index is 0.353. The quantitative estimate of drug-likeness (QED) is 0.699. The number of benzene rings is 1. The van der Waals surface area contributed by atoms with Crippen LogP contribution in [0.5, 0.6) is 0 Å². The number of aromatic carboxylic acids is 1. The second kappa shape index (κ2) is 8.14. The maximum Gasteiger partial charge on any atom is 0.335 e. The second-order valence-corrected chi connectivity index (χ2v) is 4.87. The molecule has 4 heteroatoms. The number of rotatable bonds is 8. The monoisotopic (exact) mass is 253 g/mol. The summed E-state index contributed by atoms with van der Waals surface area (Å²) < 4.78 is 0. The maximum atomic E-state index is 10.8. The van der Waals surface area contributed by atoms with Crippen molar-refractivity contribution in [3.05, 3.63) is 35.4 Å². The number of carboxylic acids is 1. The molecule has 0 atom stereocenters. The van der Waals surface area contributed by atoms with Crippen molar-refractivity contribution in [2.75, 3.05) is 18.6 Å². The molecule has 2 N–H and O–H groups in total. The van der Waals surface area contributed by atoms with E-state index in [1.54, 1.807) is 18.2 Å². The minimum Gasteiger partial charge on any atom is -0.478 e. The van der Waals surface area contributed by atoms with E-state index in [2.05, 4.69) is 11.6 Å². The fraction of sp³-hybridized carbons (Fsp3) is 0.462. The third-order valence-corrected chi connectivity index (χ3v) is 3.15. The maximum absolute atomic E-state index is 10.8. The zero-order valence-electron chi connectivity index (χ0n) is 10.1. The molecule has 94 valence electrons. The van der Waals surface area contributed by atoms with Gasteiger partial charge in [0.1, 0.15) is 0 Å². The van der Waals surface area contributed by atoms with E-state index in [-0.39, 0.29) is 0 Å². The Labute approximate surface area is 107 Å². The summed E-state index contributed by atoms with van der Waals surface area (Å²) in [7, 11) is 0. The topological polar surface area (TPSA) is 49.3 Å². The minimum atomic E-state index is -0.869. The Kier molecular flexibility index (Phi) is 6.74. The van der Waals surface area contributed by atoms with E-state index < -0.39 is 5.97 Å². The summed E-state index contributed by atoms with van der Waals surface area (Å²) in [5.74, 6) is 0.336. The number of carbonyl (C=O) groups is 1. The number of carboxylic acid groups (broad SMARTS) is 1. The van der Waals surface area contributed by atoms with Gasteiger partial charge in [-0.15, -0.1) is 0 Å². The lowest BCUT2D eigenvalue weighted by Crippen LogP contribution is -2.15. The Bertz CT molecular complexity index is 355. The highest BCUT2D eigenvalue weighted by Crippen LogP contribution is 2.05. The summed E-state index contributed by atoms with van der Waals surface area (Å²) in [5, 5.41) is 12.2. The molecule has 0 amide bonds. The molecule has 0 aliphatic rings. The number of nitrogens with one attached hydrogen (secondary N) is 1. The largest absolute Gasteiger partial charge is 0.478 e. The zero-order chi connectivity index (χ0) is 12.5. The lowest BCUT2D eigenvalue weighted by Gasteiger charge is -2.05. The summed E-state index contributed by atoms with van der Waals surface area (Å²) in [6.07, 6.45) is 4.51. The van der Waals surface area contributed by atoms with Gasteiger partial charge < -0.3 is 10.4 Å². The molecule has 0 unspecified atom stereocenters. The highest BCUT2D eigenvalue weighted by molar-refractivity contribution is 7.98. The van der Waals surface area contributed by atoms with E-state index in [0.717, 1.165) is 18.7 Å². The third kappa shape index (κ3) is 5.75. The molecule has 0 aromatic heterocycles. The van der Waals surface area contributed by atoms with Crippen LogP contribution in [0.25, 0.3) is 0 Å². The highest BCUT2D eigenvalue weighted by atomic mass is 32.2. The van der Waals surface area contributed by atoms with Gasteiger partial charge in [-0.1, -0.05) is 12.1 Å². The van der Waals surface area contributed by atoms with E-state index in [9.17, 15) is 4.79 Å². The summed E-state index contributed by atoms with van der Waals surface area (Å²) in [6.45, 7) is 1.72. The molecular weight excluding hydrogens is 234 g/mol. The Morgan fingerprint density at radius 2 is 2.24 bits per heavy atom. The van der Waals surface area contributed by atoms with Crippen LogP contribution in [-0.2, 0) is 6.54 Å². The third-order valence-electron chi connectivity index (χ3n) is 2.46. The van der Waals surface area contributed by atoms with Crippen LogP contribution in [0.4, 0.5) is 0 Å². The van der Waals surface area contributed by atoms with Gasteiger partial charge in [-0.05, 0) is 49.1 Å². The molecule has 3 nitrogen and oxygen atoms in total. The van der Waals surface area contributed by atoms with E-state index in [0.29, 0.717) is 5.56 Å². The summed E-state index contributed by atoms with van der Waals surface area (Å²) in [6, 6.07) is 7.07. The Morgan fingerprint density at radius 3 is 2.94 bits per heavy atom. The second-order valence-electron chi connectivity index (χ2n) is 3.88. The molecule has 1 rings (SSSR count). The van der Waals surface area contributed by atoms with Crippen molar-refractivity contribution in [3.63, 3.8) is 0 Å². The molecule has 0 saturated carbocycles. The first kappa shape index (κ1) is 14.1. The molecule has 0 radical (unpaired) electrons. The zero-order valence-corrected chi connectivity index (χ0v) is 10.9. The van der Waals surface area contributed by atoms with Crippen molar-refractivity contribution in [3.8, 4) is 0 Å². The standard InChI is InChI=1S/C13H19NO2S/c1-17-8-3-2-7-14-10-11-5-4-6-12(9-11)13(15)16/h4-6,9,14H,2-3,7-8,10H2,1H3,(H,15,16).